The molecule has 0 saturated carbocycles. The average molecular weight is 377 g/mol. The maximum absolute atomic E-state index is 13.1. The molecule has 5 heteroatoms. The highest BCUT2D eigenvalue weighted by Gasteiger charge is 2.32. The van der Waals surface area contributed by atoms with Crippen molar-refractivity contribution in [2.75, 3.05) is 10.6 Å². The van der Waals surface area contributed by atoms with E-state index in [1.165, 1.54) is 0 Å². The molecule has 3 aromatic carbocycles. The fourth-order valence-electron chi connectivity index (χ4n) is 2.88. The first-order chi connectivity index (χ1) is 13.2. The number of benzene rings is 3. The average Bonchev–Trinajstić information content (AvgIpc) is 2.70. The van der Waals surface area contributed by atoms with Gasteiger partial charge in [-0.2, -0.15) is 0 Å². The third kappa shape index (κ3) is 3.81. The molecule has 134 valence electrons. The van der Waals surface area contributed by atoms with E-state index < -0.39 is 6.23 Å². The molecule has 0 radical (unpaired) electrons. The summed E-state index contributed by atoms with van der Waals surface area (Å²) >= 11 is 6.07. The number of carbonyl (C=O) groups excluding carboxylic acids is 1. The molecule has 0 bridgehead atoms. The number of nitrogens with one attached hydrogen (secondary N) is 2. The van der Waals surface area contributed by atoms with Gasteiger partial charge in [0.2, 0.25) is 6.23 Å². The molecule has 0 amide bonds. The standard InChI is InChI=1S/C22H17ClN2O2/c23-15-11-12-20-18(13-15)21(26)19(14-24-16-7-3-1-4-8-16)22(27-20)25-17-9-5-2-6-10-17/h1-14,22,24-25H. The summed E-state index contributed by atoms with van der Waals surface area (Å²) in [5, 5.41) is 6.93. The maximum atomic E-state index is 13.1. The van der Waals surface area contributed by atoms with Crippen molar-refractivity contribution in [2.24, 2.45) is 0 Å². The molecule has 4 nitrogen and oxygen atoms in total. The number of carbonyl (C=O) groups is 1. The number of Topliss-reactive ketones (excluding diaryl/α,β-unsaturated/α-hetero) is 1. The summed E-state index contributed by atoms with van der Waals surface area (Å²) in [5.74, 6) is 0.380. The van der Waals surface area contributed by atoms with Gasteiger partial charge in [-0.3, -0.25) is 4.79 Å². The van der Waals surface area contributed by atoms with Gasteiger partial charge in [-0.05, 0) is 42.5 Å². The van der Waals surface area contributed by atoms with Crippen LogP contribution in [0, 0.1) is 0 Å². The zero-order chi connectivity index (χ0) is 18.6. The number of anilines is 2. The normalized spacial score (nSPS) is 17.1. The van der Waals surface area contributed by atoms with Crippen molar-refractivity contribution in [3.05, 3.63) is 101 Å². The fourth-order valence-corrected chi connectivity index (χ4v) is 3.05. The highest BCUT2D eigenvalue weighted by Crippen LogP contribution is 2.33. The highest BCUT2D eigenvalue weighted by atomic mass is 35.5. The largest absolute Gasteiger partial charge is 0.466 e. The monoisotopic (exact) mass is 376 g/mol. The van der Waals surface area contributed by atoms with Gasteiger partial charge in [0.25, 0.3) is 0 Å². The molecule has 0 aromatic heterocycles. The quantitative estimate of drug-likeness (QED) is 0.603. The van der Waals surface area contributed by atoms with Crippen LogP contribution in [-0.2, 0) is 0 Å². The van der Waals surface area contributed by atoms with E-state index in [-0.39, 0.29) is 5.78 Å². The minimum Gasteiger partial charge on any atom is -0.466 e. The molecule has 1 heterocycles. The zero-order valence-corrected chi connectivity index (χ0v) is 15.1. The third-order valence-corrected chi connectivity index (χ3v) is 4.45. The first-order valence-electron chi connectivity index (χ1n) is 8.55. The summed E-state index contributed by atoms with van der Waals surface area (Å²) in [5.41, 5.74) is 2.67. The van der Waals surface area contributed by atoms with Crippen LogP contribution in [0.3, 0.4) is 0 Å². The topological polar surface area (TPSA) is 50.4 Å². The lowest BCUT2D eigenvalue weighted by atomic mass is 9.98. The number of halogens is 1. The molecule has 1 atom stereocenters. The van der Waals surface area contributed by atoms with Crippen molar-refractivity contribution < 1.29 is 9.53 Å². The van der Waals surface area contributed by atoms with Gasteiger partial charge in [0.15, 0.2) is 5.78 Å². The van der Waals surface area contributed by atoms with Gasteiger partial charge in [-0.1, -0.05) is 48.0 Å². The smallest absolute Gasteiger partial charge is 0.201 e. The van der Waals surface area contributed by atoms with E-state index >= 15 is 0 Å². The van der Waals surface area contributed by atoms with Gasteiger partial charge < -0.3 is 15.4 Å². The molecule has 1 unspecified atom stereocenters. The molecule has 3 aromatic rings. The number of rotatable bonds is 4. The van der Waals surface area contributed by atoms with Gasteiger partial charge in [0.1, 0.15) is 5.75 Å². The molecule has 0 spiro atoms. The molecular weight excluding hydrogens is 360 g/mol. The van der Waals surface area contributed by atoms with Crippen molar-refractivity contribution in [1.29, 1.82) is 0 Å². The second kappa shape index (κ2) is 7.56. The molecule has 2 N–H and O–H groups in total. The summed E-state index contributed by atoms with van der Waals surface area (Å²) in [7, 11) is 0. The van der Waals surface area contributed by atoms with Crippen molar-refractivity contribution >= 4 is 28.8 Å². The Morgan fingerprint density at radius 2 is 1.56 bits per heavy atom. The number of hydrogen-bond donors (Lipinski definition) is 2. The maximum Gasteiger partial charge on any atom is 0.201 e. The summed E-state index contributed by atoms with van der Waals surface area (Å²) < 4.78 is 6.06. The Balaban J connectivity index is 1.69. The van der Waals surface area contributed by atoms with Crippen molar-refractivity contribution in [2.45, 2.75) is 6.23 Å². The molecule has 0 saturated heterocycles. The van der Waals surface area contributed by atoms with Crippen LogP contribution in [0.2, 0.25) is 5.02 Å². The Morgan fingerprint density at radius 3 is 2.26 bits per heavy atom. The van der Waals surface area contributed by atoms with Crippen LogP contribution in [0.5, 0.6) is 5.75 Å². The van der Waals surface area contributed by atoms with E-state index in [1.54, 1.807) is 24.4 Å². The Kier molecular flexibility index (Phi) is 4.81. The lowest BCUT2D eigenvalue weighted by Crippen LogP contribution is -2.37. The molecule has 0 fully saturated rings. The van der Waals surface area contributed by atoms with Crippen LogP contribution in [0.1, 0.15) is 10.4 Å². The first kappa shape index (κ1) is 17.2. The van der Waals surface area contributed by atoms with Crippen LogP contribution in [0.15, 0.2) is 90.6 Å². The summed E-state index contributed by atoms with van der Waals surface area (Å²) in [6.07, 6.45) is 1.06. The molecule has 1 aliphatic heterocycles. The lowest BCUT2D eigenvalue weighted by molar-refractivity contribution is 0.0973. The number of ether oxygens (including phenoxy) is 1. The Hall–Kier alpha value is -3.24. The van der Waals surface area contributed by atoms with Crippen LogP contribution in [0.25, 0.3) is 0 Å². The molecule has 1 aliphatic rings. The van der Waals surface area contributed by atoms with Crippen LogP contribution >= 0.6 is 11.6 Å². The molecular formula is C22H17ClN2O2. The van der Waals surface area contributed by atoms with Gasteiger partial charge in [0, 0.05) is 22.6 Å². The SMILES string of the molecule is O=C1C(=CNc2ccccc2)C(Nc2ccccc2)Oc2ccc(Cl)cc21. The fraction of sp³-hybridized carbons (Fsp3) is 0.0455. The van der Waals surface area contributed by atoms with E-state index in [0.717, 1.165) is 11.4 Å². The number of ketones is 1. The van der Waals surface area contributed by atoms with E-state index in [0.29, 0.717) is 21.9 Å². The third-order valence-electron chi connectivity index (χ3n) is 4.22. The summed E-state index contributed by atoms with van der Waals surface area (Å²) in [6.45, 7) is 0. The Morgan fingerprint density at radius 1 is 0.889 bits per heavy atom. The van der Waals surface area contributed by atoms with Gasteiger partial charge in [-0.25, -0.2) is 0 Å². The minimum absolute atomic E-state index is 0.129. The van der Waals surface area contributed by atoms with Crippen LogP contribution in [0.4, 0.5) is 11.4 Å². The number of hydrogen-bond acceptors (Lipinski definition) is 4. The minimum atomic E-state index is -0.621. The van der Waals surface area contributed by atoms with E-state index in [1.807, 2.05) is 60.7 Å². The molecule has 0 aliphatic carbocycles. The predicted octanol–water partition coefficient (Wildman–Crippen LogP) is 5.35. The molecule has 27 heavy (non-hydrogen) atoms. The second-order valence-electron chi connectivity index (χ2n) is 6.09. The van der Waals surface area contributed by atoms with Gasteiger partial charge in [-0.15, -0.1) is 0 Å². The number of fused-ring (bicyclic) bond motifs is 1. The van der Waals surface area contributed by atoms with Crippen LogP contribution in [-0.4, -0.2) is 12.0 Å². The van der Waals surface area contributed by atoms with Crippen molar-refractivity contribution in [3.63, 3.8) is 0 Å². The zero-order valence-electron chi connectivity index (χ0n) is 14.4. The van der Waals surface area contributed by atoms with Crippen molar-refractivity contribution in [3.8, 4) is 5.75 Å². The Labute approximate surface area is 162 Å². The Bertz CT molecular complexity index is 988. The van der Waals surface area contributed by atoms with Crippen LogP contribution < -0.4 is 15.4 Å². The van der Waals surface area contributed by atoms with E-state index in [2.05, 4.69) is 10.6 Å². The highest BCUT2D eigenvalue weighted by molar-refractivity contribution is 6.31. The van der Waals surface area contributed by atoms with Crippen molar-refractivity contribution in [1.82, 2.24) is 0 Å². The van der Waals surface area contributed by atoms with Gasteiger partial charge >= 0.3 is 0 Å². The number of para-hydroxylation sites is 2. The van der Waals surface area contributed by atoms with Gasteiger partial charge in [0.05, 0.1) is 11.1 Å². The predicted molar refractivity (Wildman–Crippen MR) is 108 cm³/mol. The second-order valence-corrected chi connectivity index (χ2v) is 6.52. The molecule has 4 rings (SSSR count). The van der Waals surface area contributed by atoms with E-state index in [9.17, 15) is 4.79 Å². The first-order valence-corrected chi connectivity index (χ1v) is 8.92. The van der Waals surface area contributed by atoms with E-state index in [4.69, 9.17) is 16.3 Å². The summed E-state index contributed by atoms with van der Waals surface area (Å²) in [4.78, 5) is 13.1. The lowest BCUT2D eigenvalue weighted by Gasteiger charge is -2.29. The summed E-state index contributed by atoms with van der Waals surface area (Å²) in [6, 6.07) is 24.3.